The zero-order chi connectivity index (χ0) is 10.3. The number of hydrogen-bond donors (Lipinski definition) is 0. The molecule has 84 valence electrons. The van der Waals surface area contributed by atoms with Crippen molar-refractivity contribution in [3.8, 4) is 0 Å². The van der Waals surface area contributed by atoms with Gasteiger partial charge in [0.2, 0.25) is 0 Å². The average molecular weight is 205 g/mol. The molecule has 0 heterocycles. The van der Waals surface area contributed by atoms with Crippen LogP contribution in [0, 0.1) is 5.92 Å². The number of allylic oxidation sites excluding steroid dienone is 1. The Morgan fingerprint density at radius 2 is 1.40 bits per heavy atom. The van der Waals surface area contributed by atoms with Gasteiger partial charge in [0.25, 0.3) is 0 Å². The lowest BCUT2D eigenvalue weighted by Crippen LogP contribution is -2.09. The van der Waals surface area contributed by atoms with Crippen LogP contribution < -0.4 is 0 Å². The minimum absolute atomic E-state index is 0.596. The molecule has 0 aromatic heterocycles. The normalized spacial score (nSPS) is 24.5. The first-order valence-electron chi connectivity index (χ1n) is 6.74. The summed E-state index contributed by atoms with van der Waals surface area (Å²) in [6.45, 7) is 0. The maximum absolute atomic E-state index is 4.57. The molecule has 0 unspecified atom stereocenters. The van der Waals surface area contributed by atoms with E-state index in [0.29, 0.717) is 6.04 Å². The highest BCUT2D eigenvalue weighted by Gasteiger charge is 2.11. The van der Waals surface area contributed by atoms with Crippen molar-refractivity contribution in [1.82, 2.24) is 0 Å². The topological polar surface area (TPSA) is 12.4 Å². The summed E-state index contributed by atoms with van der Waals surface area (Å²) in [5, 5.41) is 0. The molecule has 0 aromatic carbocycles. The maximum Gasteiger partial charge on any atom is 0.0593 e. The largest absolute Gasteiger partial charge is 0.240 e. The van der Waals surface area contributed by atoms with E-state index in [9.17, 15) is 0 Å². The zero-order valence-corrected chi connectivity index (χ0v) is 9.75. The van der Waals surface area contributed by atoms with Crippen molar-refractivity contribution in [2.45, 2.75) is 70.3 Å². The van der Waals surface area contributed by atoms with Crippen molar-refractivity contribution in [3.05, 3.63) is 6.08 Å². The van der Waals surface area contributed by atoms with Gasteiger partial charge in [0.05, 0.1) is 6.04 Å². The quantitative estimate of drug-likeness (QED) is 0.601. The molecule has 2 aliphatic rings. The van der Waals surface area contributed by atoms with Crippen molar-refractivity contribution < 1.29 is 0 Å². The molecule has 0 amide bonds. The molecule has 1 nitrogen and oxygen atoms in total. The Bertz CT molecular complexity index is 204. The van der Waals surface area contributed by atoms with Crippen molar-refractivity contribution in [2.75, 3.05) is 0 Å². The molecular weight excluding hydrogens is 182 g/mol. The summed E-state index contributed by atoms with van der Waals surface area (Å²) in [5.41, 5.74) is 0. The molecule has 2 rings (SSSR count). The predicted octanol–water partition coefficient (Wildman–Crippen LogP) is 4.13. The molecule has 0 aromatic rings. The fourth-order valence-corrected chi connectivity index (χ4v) is 2.76. The molecular formula is C14H23N. The van der Waals surface area contributed by atoms with Crippen LogP contribution in [-0.2, 0) is 0 Å². The van der Waals surface area contributed by atoms with Crippen LogP contribution >= 0.6 is 0 Å². The van der Waals surface area contributed by atoms with Crippen molar-refractivity contribution >= 4 is 5.87 Å². The van der Waals surface area contributed by atoms with Gasteiger partial charge in [-0.3, -0.25) is 0 Å². The molecule has 0 N–H and O–H groups in total. The van der Waals surface area contributed by atoms with E-state index in [1.54, 1.807) is 0 Å². The Balaban J connectivity index is 1.77. The van der Waals surface area contributed by atoms with Gasteiger partial charge in [0, 0.05) is 0 Å². The van der Waals surface area contributed by atoms with E-state index < -0.39 is 0 Å². The summed E-state index contributed by atoms with van der Waals surface area (Å²) in [6.07, 6.45) is 16.0. The van der Waals surface area contributed by atoms with Crippen LogP contribution in [-0.4, -0.2) is 11.9 Å². The van der Waals surface area contributed by atoms with Gasteiger partial charge in [0.15, 0.2) is 0 Å². The molecule has 15 heavy (non-hydrogen) atoms. The highest BCUT2D eigenvalue weighted by molar-refractivity contribution is 5.52. The number of hydrogen-bond acceptors (Lipinski definition) is 1. The Kier molecular flexibility index (Phi) is 4.47. The van der Waals surface area contributed by atoms with Crippen molar-refractivity contribution in [1.29, 1.82) is 0 Å². The van der Waals surface area contributed by atoms with E-state index in [-0.39, 0.29) is 0 Å². The van der Waals surface area contributed by atoms with Gasteiger partial charge in [-0.1, -0.05) is 38.5 Å². The van der Waals surface area contributed by atoms with E-state index in [1.165, 1.54) is 64.2 Å². The van der Waals surface area contributed by atoms with Gasteiger partial charge in [0.1, 0.15) is 0 Å². The Morgan fingerprint density at radius 3 is 2.07 bits per heavy atom. The SMILES string of the molecule is C(=CC1CCCCC1)=NC1CCCCC1. The van der Waals surface area contributed by atoms with Crippen LogP contribution in [0.3, 0.4) is 0 Å². The monoisotopic (exact) mass is 205 g/mol. The number of rotatable bonds is 2. The standard InChI is InChI=1S/C14H23N/c1-3-7-13(8-4-1)11-12-15-14-9-5-2-6-10-14/h11,13-14H,1-10H2. The first-order chi connectivity index (χ1) is 7.45. The predicted molar refractivity (Wildman–Crippen MR) is 65.5 cm³/mol. The van der Waals surface area contributed by atoms with Gasteiger partial charge >= 0.3 is 0 Å². The fraction of sp³-hybridized carbons (Fsp3) is 0.857. The van der Waals surface area contributed by atoms with Gasteiger partial charge in [-0.15, -0.1) is 0 Å². The summed E-state index contributed by atoms with van der Waals surface area (Å²) in [6, 6.07) is 0.596. The lowest BCUT2D eigenvalue weighted by Gasteiger charge is -2.17. The first-order valence-corrected chi connectivity index (χ1v) is 6.74. The second kappa shape index (κ2) is 6.12. The third-order valence-electron chi connectivity index (χ3n) is 3.79. The van der Waals surface area contributed by atoms with Crippen LogP contribution in [0.1, 0.15) is 64.2 Å². The summed E-state index contributed by atoms with van der Waals surface area (Å²) < 4.78 is 0. The second-order valence-electron chi connectivity index (χ2n) is 5.11. The molecule has 0 bridgehead atoms. The molecule has 2 aliphatic carbocycles. The minimum atomic E-state index is 0.596. The minimum Gasteiger partial charge on any atom is -0.240 e. The highest BCUT2D eigenvalue weighted by atomic mass is 14.8. The van der Waals surface area contributed by atoms with Crippen molar-refractivity contribution in [2.24, 2.45) is 10.9 Å². The van der Waals surface area contributed by atoms with Gasteiger partial charge in [-0.25, -0.2) is 4.99 Å². The van der Waals surface area contributed by atoms with Crippen LogP contribution in [0.15, 0.2) is 11.1 Å². The molecule has 0 saturated heterocycles. The number of nitrogens with zero attached hydrogens (tertiary/aromatic N) is 1. The first kappa shape index (κ1) is 11.0. The lowest BCUT2D eigenvalue weighted by atomic mass is 9.89. The van der Waals surface area contributed by atoms with Gasteiger partial charge < -0.3 is 0 Å². The van der Waals surface area contributed by atoms with Crippen LogP contribution in [0.5, 0.6) is 0 Å². The van der Waals surface area contributed by atoms with Gasteiger partial charge in [-0.05, 0) is 43.5 Å². The van der Waals surface area contributed by atoms with E-state index in [2.05, 4.69) is 16.9 Å². The summed E-state index contributed by atoms with van der Waals surface area (Å²) in [5.74, 6) is 4.01. The molecule has 0 atom stereocenters. The Hall–Kier alpha value is -0.550. The molecule has 1 heteroatoms. The van der Waals surface area contributed by atoms with E-state index in [1.807, 2.05) is 0 Å². The molecule has 0 spiro atoms. The zero-order valence-electron chi connectivity index (χ0n) is 9.75. The summed E-state index contributed by atoms with van der Waals surface area (Å²) in [7, 11) is 0. The van der Waals surface area contributed by atoms with Gasteiger partial charge in [-0.2, -0.15) is 0 Å². The summed E-state index contributed by atoms with van der Waals surface area (Å²) in [4.78, 5) is 4.57. The van der Waals surface area contributed by atoms with Crippen molar-refractivity contribution in [3.63, 3.8) is 0 Å². The van der Waals surface area contributed by atoms with E-state index in [4.69, 9.17) is 0 Å². The maximum atomic E-state index is 4.57. The lowest BCUT2D eigenvalue weighted by molar-refractivity contribution is 0.420. The third-order valence-corrected chi connectivity index (χ3v) is 3.79. The second-order valence-corrected chi connectivity index (χ2v) is 5.11. The smallest absolute Gasteiger partial charge is 0.0593 e. The molecule has 0 aliphatic heterocycles. The molecule has 2 saturated carbocycles. The van der Waals surface area contributed by atoms with E-state index in [0.717, 1.165) is 5.92 Å². The third kappa shape index (κ3) is 3.83. The average Bonchev–Trinajstić information content (AvgIpc) is 2.32. The highest BCUT2D eigenvalue weighted by Crippen LogP contribution is 2.24. The van der Waals surface area contributed by atoms with E-state index >= 15 is 0 Å². The Labute approximate surface area is 93.7 Å². The van der Waals surface area contributed by atoms with Crippen LogP contribution in [0.4, 0.5) is 0 Å². The van der Waals surface area contributed by atoms with Crippen LogP contribution in [0.25, 0.3) is 0 Å². The Morgan fingerprint density at radius 1 is 0.800 bits per heavy atom. The van der Waals surface area contributed by atoms with Crippen LogP contribution in [0.2, 0.25) is 0 Å². The number of aliphatic imine (C=N–C) groups is 1. The molecule has 2 fully saturated rings. The molecule has 0 radical (unpaired) electrons. The summed E-state index contributed by atoms with van der Waals surface area (Å²) >= 11 is 0. The fourth-order valence-electron chi connectivity index (χ4n) is 2.76.